The van der Waals surface area contributed by atoms with E-state index in [0.29, 0.717) is 0 Å². The van der Waals surface area contributed by atoms with Crippen molar-refractivity contribution in [1.29, 1.82) is 0 Å². The largest absolute Gasteiger partial charge is 0.184 e. The van der Waals surface area contributed by atoms with Crippen molar-refractivity contribution in [3.63, 3.8) is 0 Å². The quantitative estimate of drug-likeness (QED) is 0.504. The Morgan fingerprint density at radius 3 is 1.57 bits per heavy atom. The summed E-state index contributed by atoms with van der Waals surface area (Å²) in [5.41, 5.74) is 0. The molecule has 0 aliphatic carbocycles. The maximum atomic E-state index is 2.89. The van der Waals surface area contributed by atoms with E-state index in [1.54, 1.807) is 0 Å². The average molecular weight is 171 g/mol. The zero-order valence-corrected chi connectivity index (χ0v) is 9.30. The Bertz CT molecular complexity index is 76.1. The standard InChI is InChI=1S/C6H5.Zr.3H/c1-2-4-6-5-3-1;;;;/h1-5H;;;;/q-1;;;;. The first-order valence-electron chi connectivity index (χ1n) is 1.91. The van der Waals surface area contributed by atoms with E-state index in [9.17, 15) is 0 Å². The molecule has 0 aromatic heterocycles. The number of rotatable bonds is 0. The molecule has 0 fully saturated rings. The number of hydrogen-bond acceptors (Lipinski definition) is 0. The van der Waals surface area contributed by atoms with Gasteiger partial charge < -0.3 is 0 Å². The van der Waals surface area contributed by atoms with Crippen LogP contribution in [-0.2, 0) is 26.2 Å². The van der Waals surface area contributed by atoms with Crippen LogP contribution in [-0.4, -0.2) is 0 Å². The normalized spacial score (nSPS) is 6.86. The molecule has 7 heavy (non-hydrogen) atoms. The van der Waals surface area contributed by atoms with Crippen molar-refractivity contribution in [3.05, 3.63) is 36.4 Å². The van der Waals surface area contributed by atoms with Crippen molar-refractivity contribution in [3.8, 4) is 0 Å². The second-order valence-corrected chi connectivity index (χ2v) is 1.08. The topological polar surface area (TPSA) is 0 Å². The van der Waals surface area contributed by atoms with Crippen molar-refractivity contribution >= 4 is 0 Å². The molecule has 0 nitrogen and oxygen atoms in total. The van der Waals surface area contributed by atoms with Crippen LogP contribution in [0.5, 0.6) is 0 Å². The Morgan fingerprint density at radius 2 is 1.43 bits per heavy atom. The zero-order valence-electron chi connectivity index (χ0n) is 4.39. The van der Waals surface area contributed by atoms with Gasteiger partial charge in [-0.1, -0.05) is 0 Å². The van der Waals surface area contributed by atoms with Crippen LogP contribution in [0.3, 0.4) is 0 Å². The molecule has 37 valence electrons. The summed E-state index contributed by atoms with van der Waals surface area (Å²) >= 11 is 0. The second kappa shape index (κ2) is 4.27. The van der Waals surface area contributed by atoms with Crippen molar-refractivity contribution in [2.75, 3.05) is 0 Å². The van der Waals surface area contributed by atoms with Crippen molar-refractivity contribution < 1.29 is 26.2 Å². The maximum absolute atomic E-state index is 2.89. The van der Waals surface area contributed by atoms with Gasteiger partial charge in [0.2, 0.25) is 0 Å². The number of hydrogen-bond donors (Lipinski definition) is 0. The van der Waals surface area contributed by atoms with E-state index >= 15 is 0 Å². The summed E-state index contributed by atoms with van der Waals surface area (Å²) in [6.07, 6.45) is 0. The van der Waals surface area contributed by atoms with Crippen molar-refractivity contribution in [1.82, 2.24) is 0 Å². The molecule has 1 aromatic rings. The van der Waals surface area contributed by atoms with E-state index in [2.05, 4.69) is 6.07 Å². The van der Waals surface area contributed by atoms with Crippen molar-refractivity contribution in [2.24, 2.45) is 0 Å². The Morgan fingerprint density at radius 1 is 0.857 bits per heavy atom. The van der Waals surface area contributed by atoms with Gasteiger partial charge in [0, 0.05) is 0 Å². The molecule has 0 saturated heterocycles. The summed E-state index contributed by atoms with van der Waals surface area (Å²) < 4.78 is 0. The minimum Gasteiger partial charge on any atom is -0.184 e. The van der Waals surface area contributed by atoms with Crippen LogP contribution in [0.2, 0.25) is 0 Å². The fraction of sp³-hybridized carbons (Fsp3) is 0. The number of benzene rings is 1. The molecule has 1 aromatic carbocycles. The second-order valence-electron chi connectivity index (χ2n) is 1.08. The molecule has 0 amide bonds. The monoisotopic (exact) mass is 170 g/mol. The Hall–Kier alpha value is 0.103. The molecule has 0 aliphatic rings. The van der Waals surface area contributed by atoms with Gasteiger partial charge >= 0.3 is 26.2 Å². The average Bonchev–Trinajstić information content (AvgIpc) is 1.72. The van der Waals surface area contributed by atoms with Crippen LogP contribution < -0.4 is 0 Å². The fourth-order valence-electron chi connectivity index (χ4n) is 0.342. The molecule has 1 heteroatoms. The first-order valence-corrected chi connectivity index (χ1v) is 1.91. The molecule has 0 saturated carbocycles. The van der Waals surface area contributed by atoms with Gasteiger partial charge in [-0.3, -0.25) is 0 Å². The van der Waals surface area contributed by atoms with Crippen LogP contribution in [0, 0.1) is 6.07 Å². The zero-order chi connectivity index (χ0) is 4.24. The predicted molar refractivity (Wildman–Crippen MR) is 29.5 cm³/mol. The molecule has 0 unspecified atom stereocenters. The van der Waals surface area contributed by atoms with E-state index in [1.165, 1.54) is 0 Å². The fourth-order valence-corrected chi connectivity index (χ4v) is 0.342. The maximum Gasteiger partial charge on any atom is -0.171 e. The van der Waals surface area contributed by atoms with Gasteiger partial charge in [0.15, 0.2) is 0 Å². The third-order valence-electron chi connectivity index (χ3n) is 0.607. The molecule has 0 spiro atoms. The van der Waals surface area contributed by atoms with Gasteiger partial charge in [0.25, 0.3) is 0 Å². The minimum atomic E-state index is 0. The first kappa shape index (κ1) is 7.10. The molecule has 0 bridgehead atoms. The molecule has 0 N–H and O–H groups in total. The van der Waals surface area contributed by atoms with Gasteiger partial charge in [0.05, 0.1) is 0 Å². The molecular weight excluding hydrogens is 163 g/mol. The van der Waals surface area contributed by atoms with Crippen molar-refractivity contribution in [2.45, 2.75) is 0 Å². The van der Waals surface area contributed by atoms with Gasteiger partial charge in [-0.25, -0.2) is 0 Å². The van der Waals surface area contributed by atoms with Crippen LogP contribution in [0.15, 0.2) is 30.3 Å². The Kier molecular flexibility index (Phi) is 4.33. The third kappa shape index (κ3) is 2.76. The molecule has 0 heterocycles. The van der Waals surface area contributed by atoms with E-state index in [0.717, 1.165) is 0 Å². The Balaban J connectivity index is 0.000000360. The molecule has 1 rings (SSSR count). The van der Waals surface area contributed by atoms with Gasteiger partial charge in [-0.2, -0.15) is 36.4 Å². The molecular formula is C6H8Zr-. The summed E-state index contributed by atoms with van der Waals surface area (Å²) in [6.45, 7) is 0. The minimum absolute atomic E-state index is 0. The van der Waals surface area contributed by atoms with E-state index in [1.807, 2.05) is 30.3 Å². The van der Waals surface area contributed by atoms with E-state index in [-0.39, 0.29) is 26.2 Å². The van der Waals surface area contributed by atoms with E-state index in [4.69, 9.17) is 0 Å². The van der Waals surface area contributed by atoms with E-state index < -0.39 is 0 Å². The van der Waals surface area contributed by atoms with Crippen LogP contribution in [0.4, 0.5) is 0 Å². The molecule has 0 radical (unpaired) electrons. The van der Waals surface area contributed by atoms with Crippen LogP contribution >= 0.6 is 0 Å². The summed E-state index contributed by atoms with van der Waals surface area (Å²) in [4.78, 5) is 0. The summed E-state index contributed by atoms with van der Waals surface area (Å²) in [7, 11) is 0. The van der Waals surface area contributed by atoms with Crippen LogP contribution in [0.25, 0.3) is 0 Å². The molecule has 0 atom stereocenters. The summed E-state index contributed by atoms with van der Waals surface area (Å²) in [6, 6.07) is 12.5. The van der Waals surface area contributed by atoms with Gasteiger partial charge in [-0.15, -0.1) is 0 Å². The summed E-state index contributed by atoms with van der Waals surface area (Å²) in [5, 5.41) is 0. The summed E-state index contributed by atoms with van der Waals surface area (Å²) in [5.74, 6) is 0. The predicted octanol–water partition coefficient (Wildman–Crippen LogP) is 0.681. The van der Waals surface area contributed by atoms with Crippen LogP contribution in [0.1, 0.15) is 0 Å². The van der Waals surface area contributed by atoms with Gasteiger partial charge in [-0.05, 0) is 0 Å². The first-order chi connectivity index (χ1) is 3.00. The SMILES string of the molecule is [ZrH3].[c-]1ccccc1. The third-order valence-corrected chi connectivity index (χ3v) is 0.607. The molecule has 0 aliphatic heterocycles. The smallest absolute Gasteiger partial charge is 0.171 e. The van der Waals surface area contributed by atoms with Gasteiger partial charge in [0.1, 0.15) is 0 Å². The Labute approximate surface area is 62.7 Å².